The van der Waals surface area contributed by atoms with E-state index >= 15 is 0 Å². The highest BCUT2D eigenvalue weighted by Gasteiger charge is 2.17. The largest absolute Gasteiger partial charge is 0.497 e. The van der Waals surface area contributed by atoms with Gasteiger partial charge in [0.15, 0.2) is 0 Å². The third-order valence-electron chi connectivity index (χ3n) is 4.04. The topological polar surface area (TPSA) is 69.5 Å². The van der Waals surface area contributed by atoms with Crippen LogP contribution in [0.4, 0.5) is 0 Å². The summed E-state index contributed by atoms with van der Waals surface area (Å²) in [6, 6.07) is 7.35. The van der Waals surface area contributed by atoms with E-state index in [4.69, 9.17) is 9.47 Å². The number of rotatable bonds is 6. The number of benzene rings is 1. The van der Waals surface area contributed by atoms with Gasteiger partial charge in [0, 0.05) is 13.1 Å². The molecule has 24 heavy (non-hydrogen) atoms. The molecule has 0 spiro atoms. The molecule has 3 rings (SSSR count). The molecular formula is C17H22N4O3. The van der Waals surface area contributed by atoms with Crippen molar-refractivity contribution in [2.24, 2.45) is 0 Å². The molecule has 0 saturated carbocycles. The fourth-order valence-electron chi connectivity index (χ4n) is 2.69. The number of carbonyl (C=O) groups excluding carboxylic acids is 1. The number of carbonyl (C=O) groups is 1. The van der Waals surface area contributed by atoms with Crippen molar-refractivity contribution in [3.8, 4) is 11.5 Å². The minimum Gasteiger partial charge on any atom is -0.497 e. The molecule has 128 valence electrons. The Labute approximate surface area is 141 Å². The molecule has 2 aromatic rings. The van der Waals surface area contributed by atoms with Gasteiger partial charge in [0.05, 0.1) is 13.3 Å². The Bertz CT molecular complexity index is 663. The van der Waals surface area contributed by atoms with E-state index in [-0.39, 0.29) is 12.5 Å². The lowest BCUT2D eigenvalue weighted by molar-refractivity contribution is -0.132. The molecule has 1 fully saturated rings. The Morgan fingerprint density at radius 1 is 1.12 bits per heavy atom. The summed E-state index contributed by atoms with van der Waals surface area (Å²) in [4.78, 5) is 14.1. The van der Waals surface area contributed by atoms with Crippen LogP contribution >= 0.6 is 0 Å². The Balaban J connectivity index is 1.50. The van der Waals surface area contributed by atoms with E-state index in [9.17, 15) is 4.79 Å². The number of hydrogen-bond acceptors (Lipinski definition) is 5. The van der Waals surface area contributed by atoms with Crippen molar-refractivity contribution in [2.45, 2.75) is 32.4 Å². The summed E-state index contributed by atoms with van der Waals surface area (Å²) in [5, 5.41) is 8.07. The highest BCUT2D eigenvalue weighted by atomic mass is 16.5. The smallest absolute Gasteiger partial charge is 0.244 e. The average Bonchev–Trinajstić information content (AvgIpc) is 3.08. The van der Waals surface area contributed by atoms with E-state index in [2.05, 4.69) is 10.3 Å². The zero-order valence-corrected chi connectivity index (χ0v) is 13.9. The first kappa shape index (κ1) is 16.3. The maximum atomic E-state index is 12.2. The van der Waals surface area contributed by atoms with Crippen molar-refractivity contribution in [1.29, 1.82) is 0 Å². The molecule has 0 N–H and O–H groups in total. The molecule has 1 amide bonds. The Hall–Kier alpha value is -2.57. The summed E-state index contributed by atoms with van der Waals surface area (Å²) in [5.41, 5.74) is 0.692. The maximum Gasteiger partial charge on any atom is 0.244 e. The minimum absolute atomic E-state index is 0.0993. The molecule has 0 radical (unpaired) electrons. The van der Waals surface area contributed by atoms with Crippen molar-refractivity contribution < 1.29 is 14.3 Å². The van der Waals surface area contributed by atoms with Gasteiger partial charge in [0.1, 0.15) is 30.3 Å². The van der Waals surface area contributed by atoms with Crippen molar-refractivity contribution in [3.05, 3.63) is 36.2 Å². The van der Waals surface area contributed by atoms with Crippen LogP contribution in [0.5, 0.6) is 11.5 Å². The predicted octanol–water partition coefficient (Wildman–Crippen LogP) is 1.88. The van der Waals surface area contributed by atoms with Crippen LogP contribution in [-0.4, -0.2) is 46.0 Å². The van der Waals surface area contributed by atoms with Gasteiger partial charge in [-0.3, -0.25) is 4.79 Å². The molecule has 1 aromatic heterocycles. The average molecular weight is 330 g/mol. The first-order valence-corrected chi connectivity index (χ1v) is 8.18. The van der Waals surface area contributed by atoms with Crippen LogP contribution < -0.4 is 9.47 Å². The summed E-state index contributed by atoms with van der Waals surface area (Å²) in [6.45, 7) is 2.24. The first-order valence-electron chi connectivity index (χ1n) is 8.18. The Morgan fingerprint density at radius 2 is 1.83 bits per heavy atom. The molecule has 0 atom stereocenters. The summed E-state index contributed by atoms with van der Waals surface area (Å²) < 4.78 is 12.3. The first-order chi connectivity index (χ1) is 11.7. The molecule has 0 unspecified atom stereocenters. The molecule has 1 aliphatic rings. The van der Waals surface area contributed by atoms with Gasteiger partial charge >= 0.3 is 0 Å². The third-order valence-corrected chi connectivity index (χ3v) is 4.04. The standard InChI is InChI=1S/C17H22N4O3/c1-23-15-5-7-16(8-6-15)24-13-14-11-21(19-18-14)12-17(22)20-9-3-2-4-10-20/h5-8,11H,2-4,9-10,12-13H2,1H3. The third kappa shape index (κ3) is 4.24. The van der Waals surface area contributed by atoms with Gasteiger partial charge in [-0.1, -0.05) is 5.21 Å². The van der Waals surface area contributed by atoms with Crippen LogP contribution in [-0.2, 0) is 17.9 Å². The second-order valence-electron chi connectivity index (χ2n) is 5.81. The number of amides is 1. The van der Waals surface area contributed by atoms with Gasteiger partial charge in [-0.05, 0) is 43.5 Å². The normalized spacial score (nSPS) is 14.5. The van der Waals surface area contributed by atoms with E-state index in [1.54, 1.807) is 18.0 Å². The van der Waals surface area contributed by atoms with Crippen LogP contribution in [0.2, 0.25) is 0 Å². The summed E-state index contributed by atoms with van der Waals surface area (Å²) in [7, 11) is 1.62. The van der Waals surface area contributed by atoms with Crippen molar-refractivity contribution in [1.82, 2.24) is 19.9 Å². The van der Waals surface area contributed by atoms with Gasteiger partial charge in [0.2, 0.25) is 5.91 Å². The van der Waals surface area contributed by atoms with Crippen molar-refractivity contribution in [2.75, 3.05) is 20.2 Å². The van der Waals surface area contributed by atoms with E-state index in [1.807, 2.05) is 29.2 Å². The van der Waals surface area contributed by atoms with Crippen LogP contribution in [0, 0.1) is 0 Å². The lowest BCUT2D eigenvalue weighted by Crippen LogP contribution is -2.37. The second-order valence-corrected chi connectivity index (χ2v) is 5.81. The number of hydrogen-bond donors (Lipinski definition) is 0. The highest BCUT2D eigenvalue weighted by Crippen LogP contribution is 2.17. The molecule has 1 saturated heterocycles. The minimum atomic E-state index is 0.0993. The number of aromatic nitrogens is 3. The predicted molar refractivity (Wildman–Crippen MR) is 87.8 cm³/mol. The molecule has 1 aliphatic heterocycles. The van der Waals surface area contributed by atoms with E-state index in [0.29, 0.717) is 12.3 Å². The molecule has 1 aromatic carbocycles. The summed E-state index contributed by atoms with van der Waals surface area (Å²) in [5.74, 6) is 1.61. The molecular weight excluding hydrogens is 308 g/mol. The van der Waals surface area contributed by atoms with E-state index in [1.165, 1.54) is 6.42 Å². The number of piperidine rings is 1. The van der Waals surface area contributed by atoms with Gasteiger partial charge in [-0.25, -0.2) is 4.68 Å². The van der Waals surface area contributed by atoms with Crippen LogP contribution in [0.15, 0.2) is 30.5 Å². The molecule has 0 bridgehead atoms. The SMILES string of the molecule is COc1ccc(OCc2cn(CC(=O)N3CCCCC3)nn2)cc1. The monoisotopic (exact) mass is 330 g/mol. The van der Waals surface area contributed by atoms with E-state index in [0.717, 1.165) is 37.4 Å². The van der Waals surface area contributed by atoms with Crippen molar-refractivity contribution >= 4 is 5.91 Å². The number of methoxy groups -OCH3 is 1. The fourth-order valence-corrected chi connectivity index (χ4v) is 2.69. The van der Waals surface area contributed by atoms with Crippen LogP contribution in [0.25, 0.3) is 0 Å². The molecule has 2 heterocycles. The molecule has 7 nitrogen and oxygen atoms in total. The Morgan fingerprint density at radius 3 is 2.54 bits per heavy atom. The highest BCUT2D eigenvalue weighted by molar-refractivity contribution is 5.75. The molecule has 0 aliphatic carbocycles. The van der Waals surface area contributed by atoms with Gasteiger partial charge in [0.25, 0.3) is 0 Å². The Kier molecular flexibility index (Phi) is 5.30. The fraction of sp³-hybridized carbons (Fsp3) is 0.471. The van der Waals surface area contributed by atoms with E-state index < -0.39 is 0 Å². The zero-order valence-electron chi connectivity index (χ0n) is 13.9. The maximum absolute atomic E-state index is 12.2. The van der Waals surface area contributed by atoms with Gasteiger partial charge in [-0.15, -0.1) is 5.10 Å². The van der Waals surface area contributed by atoms with Crippen LogP contribution in [0.3, 0.4) is 0 Å². The van der Waals surface area contributed by atoms with Crippen molar-refractivity contribution in [3.63, 3.8) is 0 Å². The van der Waals surface area contributed by atoms with Gasteiger partial charge < -0.3 is 14.4 Å². The van der Waals surface area contributed by atoms with Crippen LogP contribution in [0.1, 0.15) is 25.0 Å². The number of ether oxygens (including phenoxy) is 2. The number of nitrogens with zero attached hydrogens (tertiary/aromatic N) is 4. The number of likely N-dealkylation sites (tertiary alicyclic amines) is 1. The quantitative estimate of drug-likeness (QED) is 0.809. The van der Waals surface area contributed by atoms with Gasteiger partial charge in [-0.2, -0.15) is 0 Å². The second kappa shape index (κ2) is 7.81. The summed E-state index contributed by atoms with van der Waals surface area (Å²) >= 11 is 0. The molecule has 7 heteroatoms. The summed E-state index contributed by atoms with van der Waals surface area (Å²) in [6.07, 6.45) is 5.14. The lowest BCUT2D eigenvalue weighted by atomic mass is 10.1. The zero-order chi connectivity index (χ0) is 16.8. The lowest BCUT2D eigenvalue weighted by Gasteiger charge is -2.26.